The lowest BCUT2D eigenvalue weighted by Crippen LogP contribution is -2.24. The molecule has 0 radical (unpaired) electrons. The second kappa shape index (κ2) is 6.06. The first-order valence-corrected chi connectivity index (χ1v) is 6.40. The first-order valence-electron chi connectivity index (χ1n) is 5.64. The van der Waals surface area contributed by atoms with Gasteiger partial charge in [-0.3, -0.25) is 14.9 Å². The average Bonchev–Trinajstić information content (AvgIpc) is 2.84. The van der Waals surface area contributed by atoms with E-state index < -0.39 is 10.8 Å². The summed E-state index contributed by atoms with van der Waals surface area (Å²) in [6.45, 7) is 0.103. The molecule has 0 saturated heterocycles. The topological polar surface area (TPSA) is 103 Å². The minimum Gasteiger partial charge on any atom is -0.345 e. The predicted octanol–water partition coefficient (Wildman–Crippen LogP) is 1.96. The summed E-state index contributed by atoms with van der Waals surface area (Å²) in [6, 6.07) is 2.16. The summed E-state index contributed by atoms with van der Waals surface area (Å²) in [4.78, 5) is 22.2. The Morgan fingerprint density at radius 1 is 1.48 bits per heavy atom. The van der Waals surface area contributed by atoms with Gasteiger partial charge in [0.15, 0.2) is 5.82 Å². The summed E-state index contributed by atoms with van der Waals surface area (Å²) >= 11 is 11.7. The van der Waals surface area contributed by atoms with Crippen molar-refractivity contribution in [1.82, 2.24) is 20.1 Å². The number of hydrogen-bond acceptors (Lipinski definition) is 5. The van der Waals surface area contributed by atoms with E-state index in [2.05, 4.69) is 15.5 Å². The zero-order valence-corrected chi connectivity index (χ0v) is 12.2. The van der Waals surface area contributed by atoms with Crippen LogP contribution in [-0.4, -0.2) is 25.6 Å². The zero-order valence-electron chi connectivity index (χ0n) is 10.7. The normalized spacial score (nSPS) is 10.4. The predicted molar refractivity (Wildman–Crippen MR) is 75.3 cm³/mol. The number of nitro benzene ring substituents is 1. The molecule has 0 aliphatic rings. The number of carbonyl (C=O) groups excluding carboxylic acids is 1. The molecule has 2 aromatic rings. The van der Waals surface area contributed by atoms with Crippen molar-refractivity contribution >= 4 is 34.8 Å². The van der Waals surface area contributed by atoms with E-state index >= 15 is 0 Å². The van der Waals surface area contributed by atoms with E-state index in [0.29, 0.717) is 5.82 Å². The number of nitrogens with zero attached hydrogens (tertiary/aromatic N) is 4. The van der Waals surface area contributed by atoms with Gasteiger partial charge in [0.05, 0.1) is 27.1 Å². The molecule has 8 nitrogen and oxygen atoms in total. The quantitative estimate of drug-likeness (QED) is 0.682. The zero-order chi connectivity index (χ0) is 15.6. The fourth-order valence-corrected chi connectivity index (χ4v) is 1.98. The van der Waals surface area contributed by atoms with Gasteiger partial charge in [0, 0.05) is 19.2 Å². The molecule has 110 valence electrons. The van der Waals surface area contributed by atoms with Crippen molar-refractivity contribution in [2.75, 3.05) is 0 Å². The molecule has 1 amide bonds. The molecule has 0 aliphatic heterocycles. The van der Waals surface area contributed by atoms with E-state index in [9.17, 15) is 14.9 Å². The van der Waals surface area contributed by atoms with Crippen molar-refractivity contribution in [3.8, 4) is 0 Å². The van der Waals surface area contributed by atoms with Crippen LogP contribution in [0.3, 0.4) is 0 Å². The molecule has 10 heteroatoms. The molecule has 1 heterocycles. The van der Waals surface area contributed by atoms with Gasteiger partial charge in [-0.1, -0.05) is 23.2 Å². The Morgan fingerprint density at radius 3 is 2.76 bits per heavy atom. The lowest BCUT2D eigenvalue weighted by molar-refractivity contribution is -0.384. The monoisotopic (exact) mass is 329 g/mol. The van der Waals surface area contributed by atoms with Crippen molar-refractivity contribution in [1.29, 1.82) is 0 Å². The Labute approximate surface area is 128 Å². The first-order chi connectivity index (χ1) is 9.90. The number of carbonyl (C=O) groups is 1. The van der Waals surface area contributed by atoms with Crippen molar-refractivity contribution in [2.45, 2.75) is 6.54 Å². The van der Waals surface area contributed by atoms with Gasteiger partial charge in [0.1, 0.15) is 6.33 Å². The summed E-state index contributed by atoms with van der Waals surface area (Å²) in [7, 11) is 1.72. The van der Waals surface area contributed by atoms with Gasteiger partial charge in [-0.2, -0.15) is 0 Å². The van der Waals surface area contributed by atoms with E-state index in [4.69, 9.17) is 23.2 Å². The summed E-state index contributed by atoms with van der Waals surface area (Å²) in [5.74, 6) is -0.0652. The highest BCUT2D eigenvalue weighted by Crippen LogP contribution is 2.30. The maximum absolute atomic E-state index is 12.1. The maximum atomic E-state index is 12.1. The highest BCUT2D eigenvalue weighted by Gasteiger charge is 2.19. The Bertz CT molecular complexity index is 716. The van der Waals surface area contributed by atoms with Crippen LogP contribution in [0.2, 0.25) is 10.0 Å². The molecular weight excluding hydrogens is 321 g/mol. The van der Waals surface area contributed by atoms with Crippen molar-refractivity contribution in [3.63, 3.8) is 0 Å². The van der Waals surface area contributed by atoms with Gasteiger partial charge in [-0.25, -0.2) is 0 Å². The van der Waals surface area contributed by atoms with Gasteiger partial charge in [0.25, 0.3) is 11.6 Å². The third-order valence-corrected chi connectivity index (χ3v) is 3.48. The molecule has 1 aromatic heterocycles. The minimum absolute atomic E-state index is 0.0438. The summed E-state index contributed by atoms with van der Waals surface area (Å²) in [6.07, 6.45) is 1.48. The summed E-state index contributed by atoms with van der Waals surface area (Å²) < 4.78 is 1.63. The molecular formula is C11H9Cl2N5O3. The largest absolute Gasteiger partial charge is 0.345 e. The number of aromatic nitrogens is 3. The van der Waals surface area contributed by atoms with Gasteiger partial charge in [-0.15, -0.1) is 10.2 Å². The van der Waals surface area contributed by atoms with Crippen LogP contribution in [0.5, 0.6) is 0 Å². The molecule has 0 unspecified atom stereocenters. The molecule has 0 aliphatic carbocycles. The number of amides is 1. The highest BCUT2D eigenvalue weighted by atomic mass is 35.5. The van der Waals surface area contributed by atoms with Crippen LogP contribution in [0.1, 0.15) is 16.2 Å². The lowest BCUT2D eigenvalue weighted by Gasteiger charge is -2.07. The fraction of sp³-hybridized carbons (Fsp3) is 0.182. The number of nitrogens with one attached hydrogen (secondary N) is 1. The third kappa shape index (κ3) is 3.29. The van der Waals surface area contributed by atoms with Crippen LogP contribution < -0.4 is 5.32 Å². The van der Waals surface area contributed by atoms with Crippen molar-refractivity contribution in [3.05, 3.63) is 50.0 Å². The molecule has 0 atom stereocenters. The Hall–Kier alpha value is -2.19. The Kier molecular flexibility index (Phi) is 4.39. The average molecular weight is 330 g/mol. The standard InChI is InChI=1S/C11H9Cl2N5O3/c1-17-5-15-16-9(17)4-14-11(19)7-2-6(18(20)21)3-8(12)10(7)13/h2-3,5H,4H2,1H3,(H,14,19). The second-order valence-corrected chi connectivity index (χ2v) is 4.87. The SMILES string of the molecule is Cn1cnnc1CNC(=O)c1cc([N+](=O)[O-])cc(Cl)c1Cl. The minimum atomic E-state index is -0.651. The number of non-ortho nitro benzene ring substituents is 1. The van der Waals surface area contributed by atoms with E-state index in [1.807, 2.05) is 0 Å². The molecule has 0 spiro atoms. The van der Waals surface area contributed by atoms with Crippen LogP contribution in [0.15, 0.2) is 18.5 Å². The number of aryl methyl sites for hydroxylation is 1. The molecule has 0 bridgehead atoms. The number of nitro groups is 1. The number of hydrogen-bond donors (Lipinski definition) is 1. The summed E-state index contributed by atoms with van der Waals surface area (Å²) in [5.41, 5.74) is -0.383. The molecule has 0 fully saturated rings. The molecule has 21 heavy (non-hydrogen) atoms. The van der Waals surface area contributed by atoms with E-state index in [1.165, 1.54) is 6.33 Å². The van der Waals surface area contributed by atoms with Gasteiger partial charge in [0.2, 0.25) is 0 Å². The Morgan fingerprint density at radius 2 is 2.19 bits per heavy atom. The fourth-order valence-electron chi connectivity index (χ4n) is 1.57. The van der Waals surface area contributed by atoms with Crippen LogP contribution >= 0.6 is 23.2 Å². The van der Waals surface area contributed by atoms with Gasteiger partial charge in [-0.05, 0) is 0 Å². The van der Waals surface area contributed by atoms with Crippen LogP contribution in [0.4, 0.5) is 5.69 Å². The van der Waals surface area contributed by atoms with E-state index in [-0.39, 0.29) is 27.8 Å². The molecule has 2 rings (SSSR count). The maximum Gasteiger partial charge on any atom is 0.271 e. The third-order valence-electron chi connectivity index (χ3n) is 2.68. The molecule has 1 N–H and O–H groups in total. The van der Waals surface area contributed by atoms with Crippen LogP contribution in [0, 0.1) is 10.1 Å². The van der Waals surface area contributed by atoms with Gasteiger partial charge >= 0.3 is 0 Å². The first kappa shape index (κ1) is 15.2. The number of rotatable bonds is 4. The van der Waals surface area contributed by atoms with Crippen LogP contribution in [0.25, 0.3) is 0 Å². The lowest BCUT2D eigenvalue weighted by atomic mass is 10.2. The smallest absolute Gasteiger partial charge is 0.271 e. The second-order valence-electron chi connectivity index (χ2n) is 4.09. The van der Waals surface area contributed by atoms with Crippen LogP contribution in [-0.2, 0) is 13.6 Å². The Balaban J connectivity index is 2.22. The van der Waals surface area contributed by atoms with Gasteiger partial charge < -0.3 is 9.88 Å². The van der Waals surface area contributed by atoms with Crippen molar-refractivity contribution in [2.24, 2.45) is 7.05 Å². The van der Waals surface area contributed by atoms with E-state index in [0.717, 1.165) is 12.1 Å². The molecule has 1 aromatic carbocycles. The number of benzene rings is 1. The summed E-state index contributed by atoms with van der Waals surface area (Å²) in [5, 5.41) is 20.7. The highest BCUT2D eigenvalue weighted by molar-refractivity contribution is 6.44. The molecule has 0 saturated carbocycles. The number of halogens is 2. The van der Waals surface area contributed by atoms with Crippen molar-refractivity contribution < 1.29 is 9.72 Å². The van der Waals surface area contributed by atoms with E-state index in [1.54, 1.807) is 11.6 Å².